The third-order valence-electron chi connectivity index (χ3n) is 2.18. The normalized spacial score (nSPS) is 24.3. The monoisotopic (exact) mass is 171 g/mol. The van der Waals surface area contributed by atoms with Crippen LogP contribution in [0.4, 0.5) is 0 Å². The van der Waals surface area contributed by atoms with Gasteiger partial charge in [-0.25, -0.2) is 0 Å². The van der Waals surface area contributed by atoms with Crippen LogP contribution in [0.5, 0.6) is 0 Å². The first-order chi connectivity index (χ1) is 5.74. The van der Waals surface area contributed by atoms with Crippen LogP contribution in [-0.4, -0.2) is 30.7 Å². The van der Waals surface area contributed by atoms with Crippen LogP contribution in [0.3, 0.4) is 0 Å². The Balaban J connectivity index is 2.25. The molecule has 1 saturated heterocycles. The van der Waals surface area contributed by atoms with Crippen LogP contribution in [-0.2, 0) is 9.53 Å². The van der Waals surface area contributed by atoms with Gasteiger partial charge in [-0.05, 0) is 26.3 Å². The highest BCUT2D eigenvalue weighted by atomic mass is 16.6. The number of likely N-dealkylation sites (tertiary alicyclic amines) is 1. The van der Waals surface area contributed by atoms with Gasteiger partial charge in [0, 0.05) is 13.0 Å². The van der Waals surface area contributed by atoms with Crippen molar-refractivity contribution in [2.24, 2.45) is 0 Å². The predicted octanol–water partition coefficient (Wildman–Crippen LogP) is 1.38. The van der Waals surface area contributed by atoms with Crippen molar-refractivity contribution in [1.82, 2.24) is 4.90 Å². The van der Waals surface area contributed by atoms with Gasteiger partial charge in [-0.15, -0.1) is 0 Å². The van der Waals surface area contributed by atoms with Crippen LogP contribution in [0, 0.1) is 0 Å². The molecule has 1 aliphatic rings. The molecule has 0 saturated carbocycles. The number of ether oxygens (including phenoxy) is 1. The highest BCUT2D eigenvalue weighted by Crippen LogP contribution is 2.16. The largest absolute Gasteiger partial charge is 0.446 e. The number of rotatable bonds is 3. The van der Waals surface area contributed by atoms with E-state index in [0.29, 0.717) is 6.42 Å². The summed E-state index contributed by atoms with van der Waals surface area (Å²) in [6.07, 6.45) is 3.59. The van der Waals surface area contributed by atoms with E-state index >= 15 is 0 Å². The van der Waals surface area contributed by atoms with Gasteiger partial charge in [-0.1, -0.05) is 6.92 Å². The SMILES string of the molecule is CCCC(=O)OC1CCCN1C. The fourth-order valence-electron chi connectivity index (χ4n) is 1.44. The minimum Gasteiger partial charge on any atom is -0.446 e. The van der Waals surface area contributed by atoms with Crippen molar-refractivity contribution < 1.29 is 9.53 Å². The molecule has 3 nitrogen and oxygen atoms in total. The summed E-state index contributed by atoms with van der Waals surface area (Å²) in [4.78, 5) is 13.2. The number of carbonyl (C=O) groups is 1. The molecule has 1 atom stereocenters. The number of hydrogen-bond acceptors (Lipinski definition) is 3. The van der Waals surface area contributed by atoms with E-state index < -0.39 is 0 Å². The van der Waals surface area contributed by atoms with Gasteiger partial charge < -0.3 is 4.74 Å². The van der Waals surface area contributed by atoms with E-state index in [2.05, 4.69) is 4.90 Å². The number of hydrogen-bond donors (Lipinski definition) is 0. The molecule has 1 heterocycles. The Morgan fingerprint density at radius 2 is 2.42 bits per heavy atom. The molecule has 0 spiro atoms. The second kappa shape index (κ2) is 4.45. The van der Waals surface area contributed by atoms with Gasteiger partial charge in [0.25, 0.3) is 0 Å². The summed E-state index contributed by atoms with van der Waals surface area (Å²) in [7, 11) is 2.00. The highest BCUT2D eigenvalue weighted by molar-refractivity contribution is 5.69. The Hall–Kier alpha value is -0.570. The van der Waals surface area contributed by atoms with Crippen molar-refractivity contribution in [2.75, 3.05) is 13.6 Å². The molecule has 70 valence electrons. The molecule has 12 heavy (non-hydrogen) atoms. The minimum absolute atomic E-state index is 0.0454. The average Bonchev–Trinajstić information content (AvgIpc) is 2.37. The molecule has 3 heteroatoms. The summed E-state index contributed by atoms with van der Waals surface area (Å²) in [5, 5.41) is 0. The molecule has 1 aliphatic heterocycles. The summed E-state index contributed by atoms with van der Waals surface area (Å²) in [6.45, 7) is 3.03. The van der Waals surface area contributed by atoms with Crippen LogP contribution >= 0.6 is 0 Å². The van der Waals surface area contributed by atoms with Gasteiger partial charge >= 0.3 is 5.97 Å². The highest BCUT2D eigenvalue weighted by Gasteiger charge is 2.23. The lowest BCUT2D eigenvalue weighted by atomic mass is 10.3. The zero-order chi connectivity index (χ0) is 8.97. The first-order valence-electron chi connectivity index (χ1n) is 4.63. The number of nitrogens with zero attached hydrogens (tertiary/aromatic N) is 1. The van der Waals surface area contributed by atoms with Gasteiger partial charge in [0.2, 0.25) is 0 Å². The summed E-state index contributed by atoms with van der Waals surface area (Å²) in [6, 6.07) is 0. The zero-order valence-electron chi connectivity index (χ0n) is 7.88. The summed E-state index contributed by atoms with van der Waals surface area (Å²) < 4.78 is 5.25. The quantitative estimate of drug-likeness (QED) is 0.601. The molecule has 0 aliphatic carbocycles. The molecule has 1 rings (SSSR count). The van der Waals surface area contributed by atoms with Crippen LogP contribution in [0.1, 0.15) is 32.6 Å². The van der Waals surface area contributed by atoms with Crippen LogP contribution in [0.15, 0.2) is 0 Å². The fourth-order valence-corrected chi connectivity index (χ4v) is 1.44. The van der Waals surface area contributed by atoms with Gasteiger partial charge in [0.1, 0.15) is 0 Å². The smallest absolute Gasteiger partial charge is 0.307 e. The molecular formula is C9H17NO2. The van der Waals surface area contributed by atoms with Crippen molar-refractivity contribution >= 4 is 5.97 Å². The van der Waals surface area contributed by atoms with Crippen LogP contribution in [0.2, 0.25) is 0 Å². The molecule has 0 aromatic heterocycles. The van der Waals surface area contributed by atoms with Crippen molar-refractivity contribution in [1.29, 1.82) is 0 Å². The van der Waals surface area contributed by atoms with Crippen LogP contribution in [0.25, 0.3) is 0 Å². The second-order valence-electron chi connectivity index (χ2n) is 3.32. The van der Waals surface area contributed by atoms with Gasteiger partial charge in [-0.2, -0.15) is 0 Å². The molecule has 0 N–H and O–H groups in total. The van der Waals surface area contributed by atoms with E-state index in [0.717, 1.165) is 25.8 Å². The zero-order valence-corrected chi connectivity index (χ0v) is 7.88. The van der Waals surface area contributed by atoms with E-state index in [9.17, 15) is 4.79 Å². The molecule has 0 bridgehead atoms. The molecule has 0 radical (unpaired) electrons. The summed E-state index contributed by atoms with van der Waals surface area (Å²) in [5.41, 5.74) is 0. The Labute approximate surface area is 73.7 Å². The van der Waals surface area contributed by atoms with Gasteiger partial charge in [0.05, 0.1) is 0 Å². The third-order valence-corrected chi connectivity index (χ3v) is 2.18. The Kier molecular flexibility index (Phi) is 3.53. The first-order valence-corrected chi connectivity index (χ1v) is 4.63. The Morgan fingerprint density at radius 1 is 1.67 bits per heavy atom. The maximum absolute atomic E-state index is 11.1. The lowest BCUT2D eigenvalue weighted by Gasteiger charge is -2.19. The van der Waals surface area contributed by atoms with Crippen molar-refractivity contribution in [3.63, 3.8) is 0 Å². The van der Waals surface area contributed by atoms with Crippen molar-refractivity contribution in [3.8, 4) is 0 Å². The first kappa shape index (κ1) is 9.52. The topological polar surface area (TPSA) is 29.5 Å². The molecule has 1 unspecified atom stereocenters. The van der Waals surface area contributed by atoms with E-state index in [4.69, 9.17) is 4.74 Å². The standard InChI is InChI=1S/C9H17NO2/c1-3-5-9(11)12-8-6-4-7-10(8)2/h8H,3-7H2,1-2H3. The van der Waals surface area contributed by atoms with E-state index in [1.807, 2.05) is 14.0 Å². The Morgan fingerprint density at radius 3 is 2.92 bits per heavy atom. The van der Waals surface area contributed by atoms with Gasteiger partial charge in [-0.3, -0.25) is 9.69 Å². The average molecular weight is 171 g/mol. The third kappa shape index (κ3) is 2.48. The maximum Gasteiger partial charge on any atom is 0.307 e. The lowest BCUT2D eigenvalue weighted by Crippen LogP contribution is -2.29. The molecule has 0 aromatic carbocycles. The summed E-state index contributed by atoms with van der Waals surface area (Å²) in [5.74, 6) is -0.0590. The van der Waals surface area contributed by atoms with Crippen molar-refractivity contribution in [3.05, 3.63) is 0 Å². The van der Waals surface area contributed by atoms with Gasteiger partial charge in [0.15, 0.2) is 6.23 Å². The lowest BCUT2D eigenvalue weighted by molar-refractivity contribution is -0.155. The second-order valence-corrected chi connectivity index (χ2v) is 3.32. The van der Waals surface area contributed by atoms with Crippen molar-refractivity contribution in [2.45, 2.75) is 38.8 Å². The predicted molar refractivity (Wildman–Crippen MR) is 46.7 cm³/mol. The molecular weight excluding hydrogens is 154 g/mol. The number of carbonyl (C=O) groups excluding carboxylic acids is 1. The van der Waals surface area contributed by atoms with E-state index in [-0.39, 0.29) is 12.2 Å². The summed E-state index contributed by atoms with van der Waals surface area (Å²) >= 11 is 0. The minimum atomic E-state index is -0.0590. The fraction of sp³-hybridized carbons (Fsp3) is 0.889. The number of esters is 1. The molecule has 0 amide bonds. The van der Waals surface area contributed by atoms with Crippen LogP contribution < -0.4 is 0 Å². The van der Waals surface area contributed by atoms with E-state index in [1.54, 1.807) is 0 Å². The van der Waals surface area contributed by atoms with E-state index in [1.165, 1.54) is 0 Å². The molecule has 0 aromatic rings. The molecule has 1 fully saturated rings. The maximum atomic E-state index is 11.1. The Bertz CT molecular complexity index is 159.